The molecule has 0 aromatic heterocycles. The van der Waals surface area contributed by atoms with Gasteiger partial charge in [0.1, 0.15) is 5.82 Å². The van der Waals surface area contributed by atoms with E-state index >= 15 is 0 Å². The zero-order chi connectivity index (χ0) is 15.4. The molecule has 0 atom stereocenters. The van der Waals surface area contributed by atoms with E-state index in [1.165, 1.54) is 15.9 Å². The summed E-state index contributed by atoms with van der Waals surface area (Å²) in [6.45, 7) is 3.62. The van der Waals surface area contributed by atoms with Gasteiger partial charge in [-0.25, -0.2) is 4.39 Å². The van der Waals surface area contributed by atoms with Crippen LogP contribution in [0.25, 0.3) is 0 Å². The second-order valence-corrected chi connectivity index (χ2v) is 4.78. The number of carbonyl (C=O) groups excluding carboxylic acids is 2. The van der Waals surface area contributed by atoms with E-state index in [9.17, 15) is 14.0 Å². The Kier molecular flexibility index (Phi) is 5.07. The molecule has 0 radical (unpaired) electrons. The van der Waals surface area contributed by atoms with E-state index in [-0.39, 0.29) is 23.7 Å². The third kappa shape index (κ3) is 3.46. The highest BCUT2D eigenvalue weighted by atomic mass is 19.1. The molecule has 110 valence electrons. The number of carbonyl (C=O) groups is 2. The van der Waals surface area contributed by atoms with Crippen molar-refractivity contribution in [1.29, 1.82) is 0 Å². The average molecular weight is 281 g/mol. The van der Waals surface area contributed by atoms with Crippen LogP contribution in [0.2, 0.25) is 0 Å². The normalized spacial score (nSPS) is 10.2. The molecule has 20 heavy (non-hydrogen) atoms. The van der Waals surface area contributed by atoms with Crippen LogP contribution in [0.15, 0.2) is 12.1 Å². The Morgan fingerprint density at radius 2 is 1.90 bits per heavy atom. The van der Waals surface area contributed by atoms with E-state index in [0.717, 1.165) is 6.07 Å². The zero-order valence-corrected chi connectivity index (χ0v) is 12.2. The lowest BCUT2D eigenvalue weighted by Crippen LogP contribution is -2.40. The van der Waals surface area contributed by atoms with Gasteiger partial charge < -0.3 is 15.5 Å². The monoisotopic (exact) mass is 281 g/mol. The molecule has 1 rings (SSSR count). The fourth-order valence-electron chi connectivity index (χ4n) is 1.64. The van der Waals surface area contributed by atoms with Crippen LogP contribution in [0.5, 0.6) is 0 Å². The molecule has 2 N–H and O–H groups in total. The highest BCUT2D eigenvalue weighted by Crippen LogP contribution is 2.18. The lowest BCUT2D eigenvalue weighted by molar-refractivity contribution is -0.129. The number of halogens is 1. The minimum absolute atomic E-state index is 0.0439. The molecular weight excluding hydrogens is 261 g/mol. The van der Waals surface area contributed by atoms with Crippen molar-refractivity contribution in [1.82, 2.24) is 9.80 Å². The predicted molar refractivity (Wildman–Crippen MR) is 75.8 cm³/mol. The smallest absolute Gasteiger partial charge is 0.254 e. The van der Waals surface area contributed by atoms with Gasteiger partial charge in [-0.05, 0) is 26.0 Å². The summed E-state index contributed by atoms with van der Waals surface area (Å²) >= 11 is 0. The second-order valence-electron chi connectivity index (χ2n) is 4.78. The number of rotatable bonds is 4. The number of nitrogen functional groups attached to an aromatic ring is 1. The highest BCUT2D eigenvalue weighted by molar-refractivity contribution is 5.97. The van der Waals surface area contributed by atoms with Gasteiger partial charge in [-0.15, -0.1) is 0 Å². The van der Waals surface area contributed by atoms with E-state index < -0.39 is 11.7 Å². The van der Waals surface area contributed by atoms with Crippen LogP contribution in [-0.4, -0.2) is 48.8 Å². The van der Waals surface area contributed by atoms with E-state index in [1.807, 2.05) is 0 Å². The first-order valence-electron chi connectivity index (χ1n) is 6.33. The predicted octanol–water partition coefficient (Wildman–Crippen LogP) is 1.27. The number of hydrogen-bond acceptors (Lipinski definition) is 3. The van der Waals surface area contributed by atoms with Crippen LogP contribution in [0.3, 0.4) is 0 Å². The molecule has 0 bridgehead atoms. The second kappa shape index (κ2) is 6.36. The number of likely N-dealkylation sites (N-methyl/N-ethyl adjacent to an activating group) is 2. The molecule has 0 heterocycles. The van der Waals surface area contributed by atoms with Crippen molar-refractivity contribution in [3.8, 4) is 0 Å². The molecule has 0 aliphatic heterocycles. The maximum absolute atomic E-state index is 13.6. The van der Waals surface area contributed by atoms with Crippen molar-refractivity contribution in [2.75, 3.05) is 32.9 Å². The van der Waals surface area contributed by atoms with E-state index in [1.54, 1.807) is 27.9 Å². The highest BCUT2D eigenvalue weighted by Gasteiger charge is 2.20. The van der Waals surface area contributed by atoms with Crippen LogP contribution < -0.4 is 5.73 Å². The fraction of sp³-hybridized carbons (Fsp3) is 0.429. The lowest BCUT2D eigenvalue weighted by Gasteiger charge is -2.22. The van der Waals surface area contributed by atoms with Gasteiger partial charge in [0.2, 0.25) is 5.91 Å². The van der Waals surface area contributed by atoms with Gasteiger partial charge in [-0.3, -0.25) is 9.59 Å². The van der Waals surface area contributed by atoms with Crippen LogP contribution in [0.1, 0.15) is 22.8 Å². The summed E-state index contributed by atoms with van der Waals surface area (Å²) in [6, 6.07) is 2.58. The SMILES string of the molecule is CCN(CC(=O)N(C)C)C(=O)c1cc(N)c(C)c(F)c1. The molecule has 1 aromatic carbocycles. The minimum atomic E-state index is -0.525. The largest absolute Gasteiger partial charge is 0.398 e. The third-order valence-corrected chi connectivity index (χ3v) is 3.13. The van der Waals surface area contributed by atoms with Gasteiger partial charge >= 0.3 is 0 Å². The van der Waals surface area contributed by atoms with Crippen LogP contribution in [0.4, 0.5) is 10.1 Å². The summed E-state index contributed by atoms with van der Waals surface area (Å²) < 4.78 is 13.6. The maximum Gasteiger partial charge on any atom is 0.254 e. The molecule has 1 aromatic rings. The van der Waals surface area contributed by atoms with Crippen molar-refractivity contribution in [3.05, 3.63) is 29.1 Å². The molecule has 0 saturated heterocycles. The first-order chi connectivity index (χ1) is 9.27. The van der Waals surface area contributed by atoms with Gasteiger partial charge in [0.05, 0.1) is 6.54 Å². The minimum Gasteiger partial charge on any atom is -0.398 e. The molecule has 5 nitrogen and oxygen atoms in total. The average Bonchev–Trinajstić information content (AvgIpc) is 2.40. The molecule has 2 amide bonds. The zero-order valence-electron chi connectivity index (χ0n) is 12.2. The Morgan fingerprint density at radius 3 is 2.35 bits per heavy atom. The van der Waals surface area contributed by atoms with Gasteiger partial charge in [0.25, 0.3) is 5.91 Å². The van der Waals surface area contributed by atoms with E-state index in [2.05, 4.69) is 0 Å². The van der Waals surface area contributed by atoms with Crippen molar-refractivity contribution in [2.45, 2.75) is 13.8 Å². The van der Waals surface area contributed by atoms with Gasteiger partial charge in [0.15, 0.2) is 0 Å². The summed E-state index contributed by atoms with van der Waals surface area (Å²) in [5.74, 6) is -1.13. The molecule has 0 fully saturated rings. The number of amides is 2. The summed E-state index contributed by atoms with van der Waals surface area (Å²) in [6.07, 6.45) is 0. The quantitative estimate of drug-likeness (QED) is 0.845. The van der Waals surface area contributed by atoms with Crippen LogP contribution >= 0.6 is 0 Å². The summed E-state index contributed by atoms with van der Waals surface area (Å²) in [7, 11) is 3.23. The Bertz CT molecular complexity index is 506. The molecule has 6 heteroatoms. The number of nitrogens with zero attached hydrogens (tertiary/aromatic N) is 2. The maximum atomic E-state index is 13.6. The first kappa shape index (κ1) is 15.9. The van der Waals surface area contributed by atoms with E-state index in [0.29, 0.717) is 12.1 Å². The van der Waals surface area contributed by atoms with Gasteiger partial charge in [-0.2, -0.15) is 0 Å². The molecule has 0 aliphatic carbocycles. The Balaban J connectivity index is 3.00. The molecule has 0 spiro atoms. The lowest BCUT2D eigenvalue weighted by atomic mass is 10.1. The summed E-state index contributed by atoms with van der Waals surface area (Å²) in [5.41, 5.74) is 6.36. The van der Waals surface area contributed by atoms with Crippen molar-refractivity contribution < 1.29 is 14.0 Å². The number of nitrogens with two attached hydrogens (primary N) is 1. The Hall–Kier alpha value is -2.11. The van der Waals surface area contributed by atoms with Crippen LogP contribution in [-0.2, 0) is 4.79 Å². The van der Waals surface area contributed by atoms with Gasteiger partial charge in [-0.1, -0.05) is 0 Å². The molecule has 0 saturated carbocycles. The number of hydrogen-bond donors (Lipinski definition) is 1. The molecular formula is C14H20FN3O2. The molecule has 0 unspecified atom stereocenters. The summed E-state index contributed by atoms with van der Waals surface area (Å²) in [4.78, 5) is 26.7. The van der Waals surface area contributed by atoms with Crippen LogP contribution in [0, 0.1) is 12.7 Å². The van der Waals surface area contributed by atoms with Gasteiger partial charge in [0, 0.05) is 37.5 Å². The molecule has 0 aliphatic rings. The third-order valence-electron chi connectivity index (χ3n) is 3.13. The van der Waals surface area contributed by atoms with Crippen molar-refractivity contribution >= 4 is 17.5 Å². The Morgan fingerprint density at radius 1 is 1.30 bits per heavy atom. The summed E-state index contributed by atoms with van der Waals surface area (Å²) in [5, 5.41) is 0. The van der Waals surface area contributed by atoms with Crippen molar-refractivity contribution in [3.63, 3.8) is 0 Å². The Labute approximate surface area is 118 Å². The number of benzene rings is 1. The first-order valence-corrected chi connectivity index (χ1v) is 6.33. The van der Waals surface area contributed by atoms with Crippen molar-refractivity contribution in [2.24, 2.45) is 0 Å². The van der Waals surface area contributed by atoms with E-state index in [4.69, 9.17) is 5.73 Å². The number of anilines is 1. The fourth-order valence-corrected chi connectivity index (χ4v) is 1.64. The topological polar surface area (TPSA) is 66.6 Å². The standard InChI is InChI=1S/C14H20FN3O2/c1-5-18(8-13(19)17(3)4)14(20)10-6-11(15)9(2)12(16)7-10/h6-7H,5,8,16H2,1-4H3.